The van der Waals surface area contributed by atoms with Gasteiger partial charge < -0.3 is 0 Å². The second kappa shape index (κ2) is 5.62. The molecule has 1 saturated carbocycles. The summed E-state index contributed by atoms with van der Waals surface area (Å²) in [5.74, 6) is 5.90. The lowest BCUT2D eigenvalue weighted by Gasteiger charge is -2.27. The molecule has 21 heavy (non-hydrogen) atoms. The zero-order valence-corrected chi connectivity index (χ0v) is 12.8. The summed E-state index contributed by atoms with van der Waals surface area (Å²) in [6, 6.07) is 13.2. The molecule has 2 aromatic rings. The third-order valence-corrected chi connectivity index (χ3v) is 4.70. The Kier molecular flexibility index (Phi) is 3.83. The van der Waals surface area contributed by atoms with Crippen molar-refractivity contribution in [1.82, 2.24) is 15.2 Å². The first kappa shape index (κ1) is 14.3. The summed E-state index contributed by atoms with van der Waals surface area (Å²) < 4.78 is 2.08. The Hall–Kier alpha value is -1.65. The SMILES string of the molecule is CCn1nc(C)cc1CC(NN)C1(c2ccccc2)CC1. The van der Waals surface area contributed by atoms with E-state index < -0.39 is 0 Å². The van der Waals surface area contributed by atoms with Crippen LogP contribution >= 0.6 is 0 Å². The molecule has 3 rings (SSSR count). The van der Waals surface area contributed by atoms with Crippen LogP contribution in [0, 0.1) is 6.92 Å². The minimum Gasteiger partial charge on any atom is -0.271 e. The van der Waals surface area contributed by atoms with Gasteiger partial charge in [0, 0.05) is 30.1 Å². The Morgan fingerprint density at radius 1 is 1.33 bits per heavy atom. The van der Waals surface area contributed by atoms with Crippen LogP contribution in [0.3, 0.4) is 0 Å². The summed E-state index contributed by atoms with van der Waals surface area (Å²) >= 11 is 0. The first-order chi connectivity index (χ1) is 10.2. The van der Waals surface area contributed by atoms with Gasteiger partial charge in [0.15, 0.2) is 0 Å². The molecule has 4 nitrogen and oxygen atoms in total. The lowest BCUT2D eigenvalue weighted by atomic mass is 9.85. The molecule has 1 aromatic carbocycles. The van der Waals surface area contributed by atoms with Gasteiger partial charge in [-0.3, -0.25) is 16.0 Å². The summed E-state index contributed by atoms with van der Waals surface area (Å²) in [6.07, 6.45) is 3.32. The molecule has 0 saturated heterocycles. The second-order valence-corrected chi connectivity index (χ2v) is 6.04. The predicted octanol–water partition coefficient (Wildman–Crippen LogP) is 2.32. The molecule has 4 heteroatoms. The average molecular weight is 284 g/mol. The predicted molar refractivity (Wildman–Crippen MR) is 84.8 cm³/mol. The van der Waals surface area contributed by atoms with E-state index in [4.69, 9.17) is 5.84 Å². The van der Waals surface area contributed by atoms with E-state index in [1.165, 1.54) is 24.1 Å². The number of nitrogens with two attached hydrogens (primary N) is 1. The smallest absolute Gasteiger partial charge is 0.0596 e. The zero-order chi connectivity index (χ0) is 14.9. The highest BCUT2D eigenvalue weighted by Crippen LogP contribution is 2.51. The minimum absolute atomic E-state index is 0.187. The number of hydrogen-bond donors (Lipinski definition) is 2. The third kappa shape index (κ3) is 2.61. The molecule has 3 N–H and O–H groups in total. The van der Waals surface area contributed by atoms with Crippen LogP contribution in [-0.2, 0) is 18.4 Å². The van der Waals surface area contributed by atoms with Gasteiger partial charge in [0.1, 0.15) is 0 Å². The van der Waals surface area contributed by atoms with Crippen LogP contribution in [0.2, 0.25) is 0 Å². The molecule has 1 aliphatic carbocycles. The maximum atomic E-state index is 5.90. The maximum absolute atomic E-state index is 5.90. The van der Waals surface area contributed by atoms with Crippen molar-refractivity contribution in [1.29, 1.82) is 0 Å². The van der Waals surface area contributed by atoms with E-state index in [-0.39, 0.29) is 11.5 Å². The molecule has 0 radical (unpaired) electrons. The topological polar surface area (TPSA) is 55.9 Å². The van der Waals surface area contributed by atoms with Gasteiger partial charge in [-0.15, -0.1) is 0 Å². The van der Waals surface area contributed by atoms with Crippen molar-refractivity contribution < 1.29 is 0 Å². The molecule has 112 valence electrons. The van der Waals surface area contributed by atoms with Crippen molar-refractivity contribution in [2.24, 2.45) is 5.84 Å². The maximum Gasteiger partial charge on any atom is 0.0596 e. The fourth-order valence-corrected chi connectivity index (χ4v) is 3.40. The molecule has 1 unspecified atom stereocenters. The minimum atomic E-state index is 0.187. The van der Waals surface area contributed by atoms with E-state index in [1.807, 2.05) is 6.92 Å². The quantitative estimate of drug-likeness (QED) is 0.632. The van der Waals surface area contributed by atoms with Crippen molar-refractivity contribution in [2.75, 3.05) is 0 Å². The van der Waals surface area contributed by atoms with Crippen molar-refractivity contribution in [3.8, 4) is 0 Å². The average Bonchev–Trinajstić information content (AvgIpc) is 3.24. The van der Waals surface area contributed by atoms with Crippen LogP contribution in [-0.4, -0.2) is 15.8 Å². The Bertz CT molecular complexity index is 599. The molecule has 0 bridgehead atoms. The first-order valence-electron chi connectivity index (χ1n) is 7.74. The highest BCUT2D eigenvalue weighted by molar-refractivity contribution is 5.34. The molecule has 0 spiro atoms. The van der Waals surface area contributed by atoms with E-state index in [1.54, 1.807) is 0 Å². The van der Waals surface area contributed by atoms with Gasteiger partial charge in [0.2, 0.25) is 0 Å². The second-order valence-electron chi connectivity index (χ2n) is 6.04. The standard InChI is InChI=1S/C17H24N4/c1-3-21-15(11-13(2)20-21)12-16(19-18)17(9-10-17)14-7-5-4-6-8-14/h4-8,11,16,19H,3,9-10,12,18H2,1-2H3. The van der Waals surface area contributed by atoms with Gasteiger partial charge in [0.25, 0.3) is 0 Å². The number of aromatic nitrogens is 2. The number of benzene rings is 1. The van der Waals surface area contributed by atoms with Gasteiger partial charge in [-0.1, -0.05) is 30.3 Å². The van der Waals surface area contributed by atoms with Crippen LogP contribution in [0.1, 0.15) is 36.7 Å². The van der Waals surface area contributed by atoms with E-state index in [2.05, 4.69) is 58.5 Å². The van der Waals surface area contributed by atoms with E-state index >= 15 is 0 Å². The van der Waals surface area contributed by atoms with Gasteiger partial charge in [-0.25, -0.2) is 0 Å². The zero-order valence-electron chi connectivity index (χ0n) is 12.8. The number of rotatable bonds is 6. The van der Waals surface area contributed by atoms with Crippen LogP contribution in [0.25, 0.3) is 0 Å². The van der Waals surface area contributed by atoms with E-state index in [0.717, 1.165) is 18.7 Å². The number of hydrogen-bond acceptors (Lipinski definition) is 3. The molecular formula is C17H24N4. The van der Waals surface area contributed by atoms with Crippen molar-refractivity contribution in [2.45, 2.75) is 51.1 Å². The summed E-state index contributed by atoms with van der Waals surface area (Å²) in [4.78, 5) is 0. The van der Waals surface area contributed by atoms with Crippen molar-refractivity contribution in [3.05, 3.63) is 53.3 Å². The summed E-state index contributed by atoms with van der Waals surface area (Å²) in [5, 5.41) is 4.54. The first-order valence-corrected chi connectivity index (χ1v) is 7.74. The van der Waals surface area contributed by atoms with Gasteiger partial charge in [0.05, 0.1) is 5.69 Å². The molecule has 1 fully saturated rings. The highest BCUT2D eigenvalue weighted by Gasteiger charge is 2.50. The number of nitrogens with one attached hydrogen (secondary N) is 1. The summed E-state index contributed by atoms with van der Waals surface area (Å²) in [6.45, 7) is 5.08. The van der Waals surface area contributed by atoms with E-state index in [0.29, 0.717) is 0 Å². The Balaban J connectivity index is 1.86. The number of nitrogens with zero attached hydrogens (tertiary/aromatic N) is 2. The normalized spacial score (nSPS) is 17.7. The molecule has 1 aromatic heterocycles. The molecule has 0 aliphatic heterocycles. The van der Waals surface area contributed by atoms with Crippen LogP contribution < -0.4 is 11.3 Å². The molecule has 1 aliphatic rings. The Morgan fingerprint density at radius 3 is 2.62 bits per heavy atom. The van der Waals surface area contributed by atoms with Gasteiger partial charge in [-0.05, 0) is 38.3 Å². The van der Waals surface area contributed by atoms with Crippen LogP contribution in [0.5, 0.6) is 0 Å². The lowest BCUT2D eigenvalue weighted by molar-refractivity contribution is 0.409. The summed E-state index contributed by atoms with van der Waals surface area (Å²) in [7, 11) is 0. The largest absolute Gasteiger partial charge is 0.271 e. The summed E-state index contributed by atoms with van der Waals surface area (Å²) in [5.41, 5.74) is 6.99. The monoisotopic (exact) mass is 284 g/mol. The van der Waals surface area contributed by atoms with Gasteiger partial charge >= 0.3 is 0 Å². The third-order valence-electron chi connectivity index (χ3n) is 4.70. The van der Waals surface area contributed by atoms with Crippen LogP contribution in [0.4, 0.5) is 0 Å². The highest BCUT2D eigenvalue weighted by atomic mass is 15.3. The Labute approximate surface area is 126 Å². The molecule has 1 atom stereocenters. The fraction of sp³-hybridized carbons (Fsp3) is 0.471. The van der Waals surface area contributed by atoms with Crippen molar-refractivity contribution in [3.63, 3.8) is 0 Å². The van der Waals surface area contributed by atoms with Crippen LogP contribution in [0.15, 0.2) is 36.4 Å². The Morgan fingerprint density at radius 2 is 2.05 bits per heavy atom. The molecule has 0 amide bonds. The molecule has 1 heterocycles. The number of hydrazine groups is 1. The fourth-order valence-electron chi connectivity index (χ4n) is 3.40. The lowest BCUT2D eigenvalue weighted by Crippen LogP contribution is -2.46. The molecular weight excluding hydrogens is 260 g/mol. The number of aryl methyl sites for hydroxylation is 2. The van der Waals surface area contributed by atoms with Gasteiger partial charge in [-0.2, -0.15) is 5.10 Å². The van der Waals surface area contributed by atoms with Crippen molar-refractivity contribution >= 4 is 0 Å². The van der Waals surface area contributed by atoms with E-state index in [9.17, 15) is 0 Å².